The number of carboxylic acids is 1. The van der Waals surface area contributed by atoms with Gasteiger partial charge in [0, 0.05) is 5.69 Å². The highest BCUT2D eigenvalue weighted by Gasteiger charge is 2.07. The van der Waals surface area contributed by atoms with Crippen LogP contribution in [0.25, 0.3) is 11.4 Å². The summed E-state index contributed by atoms with van der Waals surface area (Å²) in [5, 5.41) is 8.82. The normalized spacial score (nSPS) is 10.1. The van der Waals surface area contributed by atoms with Crippen LogP contribution >= 0.6 is 0 Å². The van der Waals surface area contributed by atoms with E-state index in [1.165, 1.54) is 12.4 Å². The Kier molecular flexibility index (Phi) is 2.59. The molecule has 2 heterocycles. The van der Waals surface area contributed by atoms with E-state index in [9.17, 15) is 4.79 Å². The number of aromatic carboxylic acids is 1. The van der Waals surface area contributed by atoms with Crippen LogP contribution in [-0.4, -0.2) is 26.0 Å². The Hall–Kier alpha value is -2.30. The van der Waals surface area contributed by atoms with Crippen molar-refractivity contribution < 1.29 is 9.90 Å². The first kappa shape index (κ1) is 10.2. The molecule has 0 saturated carbocycles. The summed E-state index contributed by atoms with van der Waals surface area (Å²) in [6.45, 7) is 1.84. The van der Waals surface area contributed by atoms with Crippen LogP contribution in [0.4, 0.5) is 0 Å². The number of pyridine rings is 1. The first-order chi connectivity index (χ1) is 7.66. The van der Waals surface area contributed by atoms with Crippen molar-refractivity contribution in [2.45, 2.75) is 6.92 Å². The highest BCUT2D eigenvalue weighted by Crippen LogP contribution is 2.14. The summed E-state index contributed by atoms with van der Waals surface area (Å²) in [6, 6.07) is 6.56. The third-order valence-corrected chi connectivity index (χ3v) is 2.03. The van der Waals surface area contributed by atoms with Crippen LogP contribution in [0.15, 0.2) is 30.6 Å². The quantitative estimate of drug-likeness (QED) is 0.822. The summed E-state index contributed by atoms with van der Waals surface area (Å²) < 4.78 is 0. The van der Waals surface area contributed by atoms with Gasteiger partial charge in [-0.3, -0.25) is 0 Å². The van der Waals surface area contributed by atoms with Gasteiger partial charge in [-0.2, -0.15) is 0 Å². The Morgan fingerprint density at radius 1 is 1.25 bits per heavy atom. The van der Waals surface area contributed by atoms with Gasteiger partial charge in [0.25, 0.3) is 0 Å². The van der Waals surface area contributed by atoms with Gasteiger partial charge in [-0.25, -0.2) is 19.7 Å². The molecule has 5 nitrogen and oxygen atoms in total. The van der Waals surface area contributed by atoms with Gasteiger partial charge < -0.3 is 5.11 Å². The first-order valence-electron chi connectivity index (χ1n) is 4.66. The summed E-state index contributed by atoms with van der Waals surface area (Å²) in [5.41, 5.74) is 1.97. The van der Waals surface area contributed by atoms with Crippen molar-refractivity contribution >= 4 is 5.97 Å². The summed E-state index contributed by atoms with van der Waals surface area (Å²) in [4.78, 5) is 22.8. The van der Waals surface area contributed by atoms with E-state index in [0.29, 0.717) is 11.4 Å². The summed E-state index contributed by atoms with van der Waals surface area (Å²) in [7, 11) is 0. The molecule has 0 spiro atoms. The fourth-order valence-corrected chi connectivity index (χ4v) is 1.29. The lowest BCUT2D eigenvalue weighted by atomic mass is 10.2. The Morgan fingerprint density at radius 3 is 2.75 bits per heavy atom. The lowest BCUT2D eigenvalue weighted by Gasteiger charge is -2.01. The Labute approximate surface area is 91.8 Å². The van der Waals surface area contributed by atoms with Gasteiger partial charge in [0.2, 0.25) is 0 Å². The van der Waals surface area contributed by atoms with E-state index in [4.69, 9.17) is 5.11 Å². The fourth-order valence-electron chi connectivity index (χ4n) is 1.29. The van der Waals surface area contributed by atoms with Crippen LogP contribution in [0.5, 0.6) is 0 Å². The van der Waals surface area contributed by atoms with Crippen molar-refractivity contribution in [3.05, 3.63) is 42.0 Å². The molecule has 0 amide bonds. The van der Waals surface area contributed by atoms with Crippen molar-refractivity contribution in [2.24, 2.45) is 0 Å². The van der Waals surface area contributed by atoms with E-state index in [0.717, 1.165) is 5.69 Å². The molecule has 0 aliphatic carbocycles. The maximum absolute atomic E-state index is 10.8. The van der Waals surface area contributed by atoms with Gasteiger partial charge in [0.15, 0.2) is 0 Å². The second-order valence-corrected chi connectivity index (χ2v) is 3.26. The molecule has 0 aliphatic heterocycles. The number of hydrogen-bond donors (Lipinski definition) is 1. The van der Waals surface area contributed by atoms with Crippen LogP contribution in [0.3, 0.4) is 0 Å². The first-order valence-corrected chi connectivity index (χ1v) is 4.66. The largest absolute Gasteiger partial charge is 0.477 e. The van der Waals surface area contributed by atoms with Crippen LogP contribution in [0.1, 0.15) is 16.2 Å². The van der Waals surface area contributed by atoms with E-state index in [1.54, 1.807) is 18.2 Å². The average Bonchev–Trinajstić information content (AvgIpc) is 2.29. The standard InChI is InChI=1S/C11H9N3O2/c1-7-5-10(13-6-12-7)8-3-2-4-9(14-8)11(15)16/h2-6H,1H3,(H,15,16). The molecular formula is C11H9N3O2. The molecule has 0 unspecified atom stereocenters. The summed E-state index contributed by atoms with van der Waals surface area (Å²) in [5.74, 6) is -1.05. The topological polar surface area (TPSA) is 76.0 Å². The van der Waals surface area contributed by atoms with E-state index in [1.807, 2.05) is 6.92 Å². The zero-order valence-electron chi connectivity index (χ0n) is 8.58. The molecule has 0 aliphatic rings. The van der Waals surface area contributed by atoms with E-state index in [-0.39, 0.29) is 5.69 Å². The molecule has 16 heavy (non-hydrogen) atoms. The van der Waals surface area contributed by atoms with Crippen molar-refractivity contribution in [2.75, 3.05) is 0 Å². The third kappa shape index (κ3) is 2.03. The Bertz CT molecular complexity index is 540. The Morgan fingerprint density at radius 2 is 2.06 bits per heavy atom. The van der Waals surface area contributed by atoms with Gasteiger partial charge in [-0.15, -0.1) is 0 Å². The van der Waals surface area contributed by atoms with Gasteiger partial charge in [0.05, 0.1) is 11.4 Å². The van der Waals surface area contributed by atoms with E-state index in [2.05, 4.69) is 15.0 Å². The predicted molar refractivity (Wildman–Crippen MR) is 57.0 cm³/mol. The molecule has 2 aromatic rings. The molecule has 2 aromatic heterocycles. The number of aryl methyl sites for hydroxylation is 1. The molecule has 0 aromatic carbocycles. The van der Waals surface area contributed by atoms with Crippen molar-refractivity contribution in [1.82, 2.24) is 15.0 Å². The summed E-state index contributed by atoms with van der Waals surface area (Å²) in [6.07, 6.45) is 1.43. The highest BCUT2D eigenvalue weighted by atomic mass is 16.4. The Balaban J connectivity index is 2.48. The molecule has 0 saturated heterocycles. The molecule has 0 atom stereocenters. The summed E-state index contributed by atoms with van der Waals surface area (Å²) >= 11 is 0. The molecule has 0 fully saturated rings. The number of aromatic nitrogens is 3. The monoisotopic (exact) mass is 215 g/mol. The molecule has 0 bridgehead atoms. The SMILES string of the molecule is Cc1cc(-c2cccc(C(=O)O)n2)ncn1. The minimum Gasteiger partial charge on any atom is -0.477 e. The number of nitrogens with zero attached hydrogens (tertiary/aromatic N) is 3. The smallest absolute Gasteiger partial charge is 0.354 e. The second kappa shape index (κ2) is 4.06. The van der Waals surface area contributed by atoms with Crippen LogP contribution < -0.4 is 0 Å². The minimum atomic E-state index is -1.05. The molecule has 5 heteroatoms. The molecule has 2 rings (SSSR count). The minimum absolute atomic E-state index is 0.00812. The highest BCUT2D eigenvalue weighted by molar-refractivity contribution is 5.85. The van der Waals surface area contributed by atoms with Crippen molar-refractivity contribution in [3.63, 3.8) is 0 Å². The zero-order valence-corrected chi connectivity index (χ0v) is 8.58. The molecule has 0 radical (unpaired) electrons. The number of carboxylic acid groups (broad SMARTS) is 1. The van der Waals surface area contributed by atoms with Gasteiger partial charge in [-0.05, 0) is 25.1 Å². The average molecular weight is 215 g/mol. The molecule has 1 N–H and O–H groups in total. The van der Waals surface area contributed by atoms with Gasteiger partial charge in [-0.1, -0.05) is 6.07 Å². The fraction of sp³-hybridized carbons (Fsp3) is 0.0909. The van der Waals surface area contributed by atoms with Crippen LogP contribution in [0.2, 0.25) is 0 Å². The molecule has 80 valence electrons. The van der Waals surface area contributed by atoms with E-state index < -0.39 is 5.97 Å². The number of hydrogen-bond acceptors (Lipinski definition) is 4. The maximum atomic E-state index is 10.8. The lowest BCUT2D eigenvalue weighted by Crippen LogP contribution is -2.01. The van der Waals surface area contributed by atoms with Gasteiger partial charge in [0.1, 0.15) is 12.0 Å². The van der Waals surface area contributed by atoms with Gasteiger partial charge >= 0.3 is 5.97 Å². The molecular weight excluding hydrogens is 206 g/mol. The predicted octanol–water partition coefficient (Wildman–Crippen LogP) is 1.55. The van der Waals surface area contributed by atoms with Crippen molar-refractivity contribution in [3.8, 4) is 11.4 Å². The number of rotatable bonds is 2. The number of carbonyl (C=O) groups is 1. The third-order valence-electron chi connectivity index (χ3n) is 2.03. The van der Waals surface area contributed by atoms with Crippen LogP contribution in [0, 0.1) is 6.92 Å². The zero-order chi connectivity index (χ0) is 11.5. The van der Waals surface area contributed by atoms with Crippen molar-refractivity contribution in [1.29, 1.82) is 0 Å². The van der Waals surface area contributed by atoms with Crippen LogP contribution in [-0.2, 0) is 0 Å². The maximum Gasteiger partial charge on any atom is 0.354 e. The van der Waals surface area contributed by atoms with E-state index >= 15 is 0 Å². The lowest BCUT2D eigenvalue weighted by molar-refractivity contribution is 0.0690. The second-order valence-electron chi connectivity index (χ2n) is 3.26.